The highest BCUT2D eigenvalue weighted by Gasteiger charge is 2.06. The second-order valence-electron chi connectivity index (χ2n) is 4.20. The van der Waals surface area contributed by atoms with Crippen molar-refractivity contribution in [2.24, 2.45) is 0 Å². The van der Waals surface area contributed by atoms with E-state index in [0.29, 0.717) is 19.4 Å². The molecular weight excluding hydrogens is 258 g/mol. The number of rotatable bonds is 6. The molecule has 0 fully saturated rings. The summed E-state index contributed by atoms with van der Waals surface area (Å²) in [5.74, 6) is -0.153. The minimum atomic E-state index is -0.153. The standard InChI is InChI=1S/C15H17NO2S/c1-2-18-15(17)9-8-13-11-19-14(16-13)10-12-6-4-3-5-7-12/h3-7,11H,2,8-10H2,1H3. The highest BCUT2D eigenvalue weighted by atomic mass is 32.1. The number of benzene rings is 1. The van der Waals surface area contributed by atoms with Crippen molar-refractivity contribution in [1.82, 2.24) is 4.98 Å². The van der Waals surface area contributed by atoms with Gasteiger partial charge in [-0.3, -0.25) is 4.79 Å². The summed E-state index contributed by atoms with van der Waals surface area (Å²) < 4.78 is 4.90. The summed E-state index contributed by atoms with van der Waals surface area (Å²) >= 11 is 1.65. The molecule has 0 amide bonds. The van der Waals surface area contributed by atoms with E-state index in [0.717, 1.165) is 17.1 Å². The number of aryl methyl sites for hydroxylation is 1. The Kier molecular flexibility index (Phi) is 5.10. The zero-order chi connectivity index (χ0) is 13.5. The van der Waals surface area contributed by atoms with Crippen LogP contribution in [-0.2, 0) is 22.4 Å². The molecule has 3 nitrogen and oxygen atoms in total. The third-order valence-corrected chi connectivity index (χ3v) is 3.59. The molecule has 19 heavy (non-hydrogen) atoms. The molecule has 0 N–H and O–H groups in total. The maximum absolute atomic E-state index is 11.3. The quantitative estimate of drug-likeness (QED) is 0.760. The maximum atomic E-state index is 11.3. The molecule has 0 saturated carbocycles. The molecule has 0 aliphatic rings. The molecule has 1 aromatic heterocycles. The van der Waals surface area contributed by atoms with Crippen molar-refractivity contribution in [2.75, 3.05) is 6.61 Å². The van der Waals surface area contributed by atoms with Gasteiger partial charge in [0.05, 0.1) is 23.7 Å². The zero-order valence-electron chi connectivity index (χ0n) is 11.0. The predicted octanol–water partition coefficient (Wildman–Crippen LogP) is 3.23. The fourth-order valence-electron chi connectivity index (χ4n) is 1.78. The number of esters is 1. The Balaban J connectivity index is 1.87. The average Bonchev–Trinajstić information content (AvgIpc) is 2.86. The molecule has 1 aromatic carbocycles. The summed E-state index contributed by atoms with van der Waals surface area (Å²) in [5, 5.41) is 3.11. The minimum absolute atomic E-state index is 0.153. The number of hydrogen-bond acceptors (Lipinski definition) is 4. The van der Waals surface area contributed by atoms with Gasteiger partial charge < -0.3 is 4.74 Å². The summed E-state index contributed by atoms with van der Waals surface area (Å²) in [6.45, 7) is 2.26. The van der Waals surface area contributed by atoms with Gasteiger partial charge in [-0.15, -0.1) is 11.3 Å². The first-order valence-corrected chi connectivity index (χ1v) is 7.28. The molecular formula is C15H17NO2S. The van der Waals surface area contributed by atoms with Gasteiger partial charge >= 0.3 is 5.97 Å². The Morgan fingerprint density at radius 2 is 2.11 bits per heavy atom. The molecule has 2 aromatic rings. The molecule has 0 bridgehead atoms. The molecule has 0 spiro atoms. The average molecular weight is 275 g/mol. The van der Waals surface area contributed by atoms with Crippen molar-refractivity contribution in [3.8, 4) is 0 Å². The van der Waals surface area contributed by atoms with Gasteiger partial charge in [0, 0.05) is 18.2 Å². The summed E-state index contributed by atoms with van der Waals surface area (Å²) in [7, 11) is 0. The van der Waals surface area contributed by atoms with E-state index < -0.39 is 0 Å². The van der Waals surface area contributed by atoms with Gasteiger partial charge in [0.2, 0.25) is 0 Å². The van der Waals surface area contributed by atoms with Gasteiger partial charge in [-0.25, -0.2) is 4.98 Å². The Hall–Kier alpha value is -1.68. The van der Waals surface area contributed by atoms with Crippen LogP contribution in [0, 0.1) is 0 Å². The van der Waals surface area contributed by atoms with Crippen LogP contribution in [0.4, 0.5) is 0 Å². The SMILES string of the molecule is CCOC(=O)CCc1csc(Cc2ccccc2)n1. The van der Waals surface area contributed by atoms with Gasteiger partial charge in [0.15, 0.2) is 0 Å². The number of carbonyl (C=O) groups is 1. The smallest absolute Gasteiger partial charge is 0.306 e. The Bertz CT molecular complexity index is 522. The van der Waals surface area contributed by atoms with E-state index >= 15 is 0 Å². The van der Waals surface area contributed by atoms with E-state index in [-0.39, 0.29) is 5.97 Å². The maximum Gasteiger partial charge on any atom is 0.306 e. The minimum Gasteiger partial charge on any atom is -0.466 e. The van der Waals surface area contributed by atoms with Crippen LogP contribution >= 0.6 is 11.3 Å². The number of nitrogens with zero attached hydrogens (tertiary/aromatic N) is 1. The van der Waals surface area contributed by atoms with Crippen molar-refractivity contribution >= 4 is 17.3 Å². The zero-order valence-corrected chi connectivity index (χ0v) is 11.8. The Morgan fingerprint density at radius 3 is 2.84 bits per heavy atom. The van der Waals surface area contributed by atoms with Crippen molar-refractivity contribution in [3.63, 3.8) is 0 Å². The van der Waals surface area contributed by atoms with Crippen LogP contribution in [0.2, 0.25) is 0 Å². The summed E-state index contributed by atoms with van der Waals surface area (Å²) in [6.07, 6.45) is 1.91. The highest BCUT2D eigenvalue weighted by molar-refractivity contribution is 7.09. The van der Waals surface area contributed by atoms with Crippen LogP contribution in [0.5, 0.6) is 0 Å². The second-order valence-corrected chi connectivity index (χ2v) is 5.14. The van der Waals surface area contributed by atoms with E-state index in [9.17, 15) is 4.79 Å². The van der Waals surface area contributed by atoms with Crippen LogP contribution in [0.25, 0.3) is 0 Å². The van der Waals surface area contributed by atoms with Gasteiger partial charge in [-0.2, -0.15) is 0 Å². The molecule has 4 heteroatoms. The van der Waals surface area contributed by atoms with Gasteiger partial charge in [-0.1, -0.05) is 30.3 Å². The molecule has 1 heterocycles. The van der Waals surface area contributed by atoms with Crippen molar-refractivity contribution in [1.29, 1.82) is 0 Å². The van der Waals surface area contributed by atoms with Crippen LogP contribution < -0.4 is 0 Å². The number of carbonyl (C=O) groups excluding carboxylic acids is 1. The van der Waals surface area contributed by atoms with E-state index in [2.05, 4.69) is 17.1 Å². The third-order valence-electron chi connectivity index (χ3n) is 2.69. The van der Waals surface area contributed by atoms with Gasteiger partial charge in [0.25, 0.3) is 0 Å². The molecule has 100 valence electrons. The van der Waals surface area contributed by atoms with Crippen LogP contribution in [0.1, 0.15) is 29.6 Å². The summed E-state index contributed by atoms with van der Waals surface area (Å²) in [6, 6.07) is 10.3. The molecule has 0 radical (unpaired) electrons. The fraction of sp³-hybridized carbons (Fsp3) is 0.333. The normalized spacial score (nSPS) is 10.4. The number of hydrogen-bond donors (Lipinski definition) is 0. The van der Waals surface area contributed by atoms with Crippen LogP contribution in [0.15, 0.2) is 35.7 Å². The second kappa shape index (κ2) is 7.04. The lowest BCUT2D eigenvalue weighted by Crippen LogP contribution is -2.05. The van der Waals surface area contributed by atoms with E-state index in [1.54, 1.807) is 11.3 Å². The lowest BCUT2D eigenvalue weighted by Gasteiger charge is -1.99. The predicted molar refractivity (Wildman–Crippen MR) is 76.3 cm³/mol. The molecule has 2 rings (SSSR count). The number of thiazole rings is 1. The summed E-state index contributed by atoms with van der Waals surface area (Å²) in [4.78, 5) is 15.8. The largest absolute Gasteiger partial charge is 0.466 e. The van der Waals surface area contributed by atoms with Crippen LogP contribution in [-0.4, -0.2) is 17.6 Å². The summed E-state index contributed by atoms with van der Waals surface area (Å²) in [5.41, 5.74) is 2.23. The lowest BCUT2D eigenvalue weighted by atomic mass is 10.2. The third kappa shape index (κ3) is 4.48. The fourth-order valence-corrected chi connectivity index (χ4v) is 2.64. The molecule has 0 saturated heterocycles. The van der Waals surface area contributed by atoms with Gasteiger partial charge in [0.1, 0.15) is 0 Å². The van der Waals surface area contributed by atoms with E-state index in [1.807, 2.05) is 30.5 Å². The van der Waals surface area contributed by atoms with E-state index in [1.165, 1.54) is 5.56 Å². The topological polar surface area (TPSA) is 39.2 Å². The van der Waals surface area contributed by atoms with E-state index in [4.69, 9.17) is 4.74 Å². The molecule has 0 aliphatic heterocycles. The molecule has 0 unspecified atom stereocenters. The lowest BCUT2D eigenvalue weighted by molar-refractivity contribution is -0.143. The first kappa shape index (κ1) is 13.7. The van der Waals surface area contributed by atoms with Crippen molar-refractivity contribution in [2.45, 2.75) is 26.2 Å². The van der Waals surface area contributed by atoms with Crippen molar-refractivity contribution < 1.29 is 9.53 Å². The van der Waals surface area contributed by atoms with Crippen molar-refractivity contribution in [3.05, 3.63) is 52.0 Å². The first-order valence-electron chi connectivity index (χ1n) is 6.40. The van der Waals surface area contributed by atoms with Gasteiger partial charge in [-0.05, 0) is 12.5 Å². The molecule has 0 atom stereocenters. The Morgan fingerprint density at radius 1 is 1.32 bits per heavy atom. The highest BCUT2D eigenvalue weighted by Crippen LogP contribution is 2.15. The monoisotopic (exact) mass is 275 g/mol. The molecule has 0 aliphatic carbocycles. The first-order chi connectivity index (χ1) is 9.28. The number of ether oxygens (including phenoxy) is 1. The van der Waals surface area contributed by atoms with Crippen LogP contribution in [0.3, 0.4) is 0 Å². The Labute approximate surface area is 117 Å². The number of aromatic nitrogens is 1.